The number of benzene rings is 1. The van der Waals surface area contributed by atoms with E-state index in [4.69, 9.17) is 9.47 Å². The number of nitrogens with zero attached hydrogens (tertiary/aromatic N) is 3. The highest BCUT2D eigenvalue weighted by Crippen LogP contribution is 2.25. The number of aromatic nitrogens is 2. The van der Waals surface area contributed by atoms with E-state index in [9.17, 15) is 19.2 Å². The molecular formula is C23H21FN4O4. The van der Waals surface area contributed by atoms with Crippen LogP contribution < -0.4 is 15.6 Å². The summed E-state index contributed by atoms with van der Waals surface area (Å²) in [5.74, 6) is -0.939. The van der Waals surface area contributed by atoms with Gasteiger partial charge in [0.1, 0.15) is 34.4 Å². The molecule has 0 bridgehead atoms. The Kier molecular flexibility index (Phi) is 7.31. The molecule has 0 radical (unpaired) electrons. The largest absolute Gasteiger partial charge is 0.438 e. The van der Waals surface area contributed by atoms with Crippen LogP contribution in [0.1, 0.15) is 17.5 Å². The molecule has 32 heavy (non-hydrogen) atoms. The van der Waals surface area contributed by atoms with Gasteiger partial charge in [0.05, 0.1) is 0 Å². The van der Waals surface area contributed by atoms with Crippen LogP contribution in [0, 0.1) is 24.1 Å². The van der Waals surface area contributed by atoms with E-state index in [1.54, 1.807) is 26.2 Å². The van der Waals surface area contributed by atoms with E-state index in [0.717, 1.165) is 11.6 Å². The molecule has 1 aromatic carbocycles. The van der Waals surface area contributed by atoms with Crippen LogP contribution >= 0.6 is 0 Å². The van der Waals surface area contributed by atoms with Crippen molar-refractivity contribution in [3.05, 3.63) is 75.5 Å². The minimum absolute atomic E-state index is 0.0824. The number of methoxy groups -OCH3 is 1. The smallest absolute Gasteiger partial charge is 0.269 e. The molecule has 164 valence electrons. The number of halogens is 1. The molecule has 0 saturated heterocycles. The van der Waals surface area contributed by atoms with Gasteiger partial charge in [-0.2, -0.15) is 10.2 Å². The van der Waals surface area contributed by atoms with Crippen molar-refractivity contribution in [2.24, 2.45) is 0 Å². The third-order valence-corrected chi connectivity index (χ3v) is 4.54. The average Bonchev–Trinajstić information content (AvgIpc) is 2.79. The molecule has 1 amide bonds. The average molecular weight is 436 g/mol. The molecule has 2 aromatic heterocycles. The van der Waals surface area contributed by atoms with E-state index in [0.29, 0.717) is 25.2 Å². The lowest BCUT2D eigenvalue weighted by Gasteiger charge is -2.11. The molecule has 0 unspecified atom stereocenters. The fourth-order valence-corrected chi connectivity index (χ4v) is 2.91. The Balaban J connectivity index is 2.08. The van der Waals surface area contributed by atoms with E-state index in [-0.39, 0.29) is 22.8 Å². The zero-order valence-electron chi connectivity index (χ0n) is 17.6. The topological polar surface area (TPSA) is 106 Å². The van der Waals surface area contributed by atoms with E-state index in [1.165, 1.54) is 34.9 Å². The Labute approximate surface area is 183 Å². The molecule has 0 saturated carbocycles. The van der Waals surface area contributed by atoms with Gasteiger partial charge in [0.25, 0.3) is 11.5 Å². The monoisotopic (exact) mass is 436 g/mol. The summed E-state index contributed by atoms with van der Waals surface area (Å²) in [5.41, 5.74) is 0.199. The maximum atomic E-state index is 13.3. The highest BCUT2D eigenvalue weighted by molar-refractivity contribution is 6.01. The molecule has 8 nitrogen and oxygen atoms in total. The quantitative estimate of drug-likeness (QED) is 0.331. The summed E-state index contributed by atoms with van der Waals surface area (Å²) < 4.78 is 25.3. The minimum Gasteiger partial charge on any atom is -0.438 e. The van der Waals surface area contributed by atoms with E-state index in [2.05, 4.69) is 10.3 Å². The molecule has 9 heteroatoms. The van der Waals surface area contributed by atoms with Gasteiger partial charge in [-0.3, -0.25) is 14.0 Å². The first-order valence-corrected chi connectivity index (χ1v) is 9.79. The van der Waals surface area contributed by atoms with Crippen molar-refractivity contribution in [3.8, 4) is 17.7 Å². The number of ether oxygens (including phenoxy) is 2. The molecule has 0 aliphatic rings. The van der Waals surface area contributed by atoms with Gasteiger partial charge in [-0.1, -0.05) is 6.07 Å². The minimum atomic E-state index is -0.634. The van der Waals surface area contributed by atoms with Crippen molar-refractivity contribution in [2.45, 2.75) is 13.3 Å². The number of pyridine rings is 1. The van der Waals surface area contributed by atoms with Crippen LogP contribution in [0.3, 0.4) is 0 Å². The molecule has 1 N–H and O–H groups in total. The SMILES string of the molecule is COCCCNC(=O)C(C#N)=Cc1c(Oc2ccc(F)cc2)nc2c(C)cccn2c1=O. The van der Waals surface area contributed by atoms with Crippen molar-refractivity contribution >= 4 is 17.6 Å². The lowest BCUT2D eigenvalue weighted by molar-refractivity contribution is -0.117. The summed E-state index contributed by atoms with van der Waals surface area (Å²) in [6.07, 6.45) is 3.25. The Bertz CT molecular complexity index is 1260. The van der Waals surface area contributed by atoms with Crippen molar-refractivity contribution in [2.75, 3.05) is 20.3 Å². The van der Waals surface area contributed by atoms with Crippen molar-refractivity contribution < 1.29 is 18.7 Å². The Morgan fingerprint density at radius 3 is 2.75 bits per heavy atom. The Morgan fingerprint density at radius 1 is 1.31 bits per heavy atom. The normalized spacial score (nSPS) is 11.2. The second-order valence-electron chi connectivity index (χ2n) is 6.85. The molecule has 0 aliphatic carbocycles. The van der Waals surface area contributed by atoms with Gasteiger partial charge in [-0.25, -0.2) is 4.39 Å². The van der Waals surface area contributed by atoms with Gasteiger partial charge in [-0.15, -0.1) is 0 Å². The summed E-state index contributed by atoms with van der Waals surface area (Å²) in [6.45, 7) is 2.54. The highest BCUT2D eigenvalue weighted by Gasteiger charge is 2.18. The maximum Gasteiger partial charge on any atom is 0.269 e. The number of hydrogen-bond donors (Lipinski definition) is 1. The zero-order valence-corrected chi connectivity index (χ0v) is 17.6. The number of nitriles is 1. The summed E-state index contributed by atoms with van der Waals surface area (Å²) in [7, 11) is 1.55. The van der Waals surface area contributed by atoms with Crippen LogP contribution in [-0.4, -0.2) is 35.6 Å². The van der Waals surface area contributed by atoms with Crippen molar-refractivity contribution in [3.63, 3.8) is 0 Å². The van der Waals surface area contributed by atoms with Crippen LogP contribution in [0.2, 0.25) is 0 Å². The standard InChI is InChI=1S/C23H21FN4O4/c1-15-5-3-11-28-20(15)27-22(32-18-8-6-17(24)7-9-18)19(23(28)30)13-16(14-25)21(29)26-10-4-12-31-2/h3,5-9,11,13H,4,10,12H2,1-2H3,(H,26,29). The highest BCUT2D eigenvalue weighted by atomic mass is 19.1. The van der Waals surface area contributed by atoms with Crippen molar-refractivity contribution in [1.82, 2.24) is 14.7 Å². The van der Waals surface area contributed by atoms with E-state index < -0.39 is 17.3 Å². The van der Waals surface area contributed by atoms with Gasteiger partial charge < -0.3 is 14.8 Å². The third kappa shape index (κ3) is 5.17. The van der Waals surface area contributed by atoms with Gasteiger partial charge in [-0.05, 0) is 55.3 Å². The summed E-state index contributed by atoms with van der Waals surface area (Å²) in [4.78, 5) is 30.1. The number of aryl methyl sites for hydroxylation is 1. The molecule has 0 aliphatic heterocycles. The number of carbonyl (C=O) groups is 1. The Morgan fingerprint density at radius 2 is 2.06 bits per heavy atom. The number of fused-ring (bicyclic) bond motifs is 1. The van der Waals surface area contributed by atoms with Crippen molar-refractivity contribution in [1.29, 1.82) is 5.26 Å². The predicted molar refractivity (Wildman–Crippen MR) is 116 cm³/mol. The first-order chi connectivity index (χ1) is 15.4. The molecule has 0 fully saturated rings. The van der Waals surface area contributed by atoms with Gasteiger partial charge in [0.15, 0.2) is 0 Å². The zero-order chi connectivity index (χ0) is 23.1. The number of carbonyl (C=O) groups excluding carboxylic acids is 1. The lowest BCUT2D eigenvalue weighted by atomic mass is 10.1. The molecule has 0 spiro atoms. The molecular weight excluding hydrogens is 415 g/mol. The van der Waals surface area contributed by atoms with Crippen LogP contribution in [0.15, 0.2) is 53.0 Å². The lowest BCUT2D eigenvalue weighted by Crippen LogP contribution is -2.27. The summed E-state index contributed by atoms with van der Waals surface area (Å²) in [5, 5.41) is 12.1. The first-order valence-electron chi connectivity index (χ1n) is 9.79. The fraction of sp³-hybridized carbons (Fsp3) is 0.217. The molecule has 3 aromatic rings. The predicted octanol–water partition coefficient (Wildman–Crippen LogP) is 2.99. The summed E-state index contributed by atoms with van der Waals surface area (Å²) >= 11 is 0. The van der Waals surface area contributed by atoms with Gasteiger partial charge >= 0.3 is 0 Å². The fourth-order valence-electron chi connectivity index (χ4n) is 2.91. The van der Waals surface area contributed by atoms with Crippen LogP contribution in [-0.2, 0) is 9.53 Å². The van der Waals surface area contributed by atoms with Crippen LogP contribution in [0.5, 0.6) is 11.6 Å². The van der Waals surface area contributed by atoms with Crippen LogP contribution in [0.4, 0.5) is 4.39 Å². The second kappa shape index (κ2) is 10.3. The maximum absolute atomic E-state index is 13.3. The Hall–Kier alpha value is -4.03. The number of amides is 1. The third-order valence-electron chi connectivity index (χ3n) is 4.54. The molecule has 2 heterocycles. The number of hydrogen-bond acceptors (Lipinski definition) is 6. The van der Waals surface area contributed by atoms with E-state index in [1.807, 2.05) is 6.07 Å². The van der Waals surface area contributed by atoms with Crippen LogP contribution in [0.25, 0.3) is 11.7 Å². The molecule has 3 rings (SSSR count). The number of rotatable bonds is 8. The summed E-state index contributed by atoms with van der Waals surface area (Å²) in [6, 6.07) is 10.5. The molecule has 0 atom stereocenters. The second-order valence-corrected chi connectivity index (χ2v) is 6.85. The first kappa shape index (κ1) is 22.7. The van der Waals surface area contributed by atoms with E-state index >= 15 is 0 Å². The number of nitrogens with one attached hydrogen (secondary N) is 1. The van der Waals surface area contributed by atoms with Gasteiger partial charge in [0.2, 0.25) is 5.88 Å². The van der Waals surface area contributed by atoms with Gasteiger partial charge in [0, 0.05) is 26.5 Å².